The summed E-state index contributed by atoms with van der Waals surface area (Å²) >= 11 is 0. The number of nitrogens with zero attached hydrogens (tertiary/aromatic N) is 2. The van der Waals surface area contributed by atoms with Crippen LogP contribution in [0.1, 0.15) is 25.0 Å². The second-order valence-corrected chi connectivity index (χ2v) is 7.72. The van der Waals surface area contributed by atoms with E-state index >= 15 is 0 Å². The molecule has 0 aliphatic carbocycles. The van der Waals surface area contributed by atoms with Crippen LogP contribution in [-0.2, 0) is 10.2 Å². The molecule has 3 rings (SSSR count). The minimum absolute atomic E-state index is 0.0157. The Morgan fingerprint density at radius 1 is 1.06 bits per heavy atom. The highest BCUT2D eigenvalue weighted by molar-refractivity contribution is 6.11. The fourth-order valence-electron chi connectivity index (χ4n) is 3.97. The van der Waals surface area contributed by atoms with Gasteiger partial charge in [-0.25, -0.2) is 0 Å². The predicted octanol–water partition coefficient (Wildman–Crippen LogP) is 4.50. The molecule has 0 aromatic heterocycles. The first-order valence-corrected chi connectivity index (χ1v) is 9.80. The number of allylic oxidation sites excluding steroid dienone is 3. The number of likely N-dealkylation sites (N-methyl/N-ethyl adjacent to an activating group) is 1. The highest BCUT2D eigenvalue weighted by Crippen LogP contribution is 2.46. The van der Waals surface area contributed by atoms with Gasteiger partial charge in [0.05, 0.1) is 26.9 Å². The Labute approximate surface area is 183 Å². The van der Waals surface area contributed by atoms with Crippen LogP contribution in [0.4, 0.5) is 5.69 Å². The van der Waals surface area contributed by atoms with Crippen LogP contribution in [-0.4, -0.2) is 34.2 Å². The largest absolute Gasteiger partial charge is 0.493 e. The lowest BCUT2D eigenvalue weighted by atomic mass is 9.83. The molecule has 2 aromatic rings. The van der Waals surface area contributed by atoms with Gasteiger partial charge in [-0.05, 0) is 35.4 Å². The number of rotatable bonds is 6. The number of para-hydroxylation sites is 1. The Kier molecular flexibility index (Phi) is 6.07. The molecule has 2 aromatic carbocycles. The maximum Gasteiger partial charge on any atom is 0.203 e. The van der Waals surface area contributed by atoms with E-state index < -0.39 is 0 Å². The minimum atomic E-state index is -0.362. The lowest BCUT2D eigenvalue weighted by Crippen LogP contribution is -2.24. The van der Waals surface area contributed by atoms with Crippen molar-refractivity contribution in [3.8, 4) is 23.3 Å². The van der Waals surface area contributed by atoms with Gasteiger partial charge in [-0.2, -0.15) is 5.26 Å². The van der Waals surface area contributed by atoms with Crippen molar-refractivity contribution in [2.75, 3.05) is 33.3 Å². The zero-order valence-corrected chi connectivity index (χ0v) is 18.6. The van der Waals surface area contributed by atoms with Crippen molar-refractivity contribution in [1.82, 2.24) is 0 Å². The smallest absolute Gasteiger partial charge is 0.203 e. The predicted molar refractivity (Wildman–Crippen MR) is 121 cm³/mol. The van der Waals surface area contributed by atoms with Crippen molar-refractivity contribution in [3.05, 3.63) is 64.9 Å². The first-order valence-electron chi connectivity index (χ1n) is 9.80. The van der Waals surface area contributed by atoms with E-state index in [1.165, 1.54) is 27.4 Å². The van der Waals surface area contributed by atoms with Crippen molar-refractivity contribution < 1.29 is 19.0 Å². The van der Waals surface area contributed by atoms with E-state index in [4.69, 9.17) is 14.2 Å². The molecule has 0 fully saturated rings. The standard InChI is InChI=1S/C25H26N2O4/c1-25(2)18-9-7-8-10-19(18)27(3)23(25)14-20(28)17(15-26)11-16-12-21(29-4)24(31-6)22(13-16)30-5/h7-14H,1-6H3/b17-11-,23-14+. The molecule has 31 heavy (non-hydrogen) atoms. The Hall–Kier alpha value is -3.72. The first kappa shape index (κ1) is 22.0. The van der Waals surface area contributed by atoms with E-state index in [2.05, 4.69) is 19.9 Å². The zero-order valence-electron chi connectivity index (χ0n) is 18.6. The van der Waals surface area contributed by atoms with Crippen LogP contribution in [0.3, 0.4) is 0 Å². The van der Waals surface area contributed by atoms with Gasteiger partial charge in [0.1, 0.15) is 6.07 Å². The summed E-state index contributed by atoms with van der Waals surface area (Å²) in [6.45, 7) is 4.15. The minimum Gasteiger partial charge on any atom is -0.493 e. The number of ketones is 1. The molecule has 0 bridgehead atoms. The van der Waals surface area contributed by atoms with Gasteiger partial charge in [-0.1, -0.05) is 32.0 Å². The SMILES string of the molecule is COc1cc(/C=C(/C#N)C(=O)/C=C2/N(C)c3ccccc3C2(C)C)cc(OC)c1OC. The van der Waals surface area contributed by atoms with Gasteiger partial charge in [0, 0.05) is 29.9 Å². The highest BCUT2D eigenvalue weighted by atomic mass is 16.5. The number of anilines is 1. The summed E-state index contributed by atoms with van der Waals surface area (Å²) in [6, 6.07) is 13.5. The number of carbonyl (C=O) groups is 1. The topological polar surface area (TPSA) is 71.8 Å². The molecule has 1 heterocycles. The van der Waals surface area contributed by atoms with Crippen LogP contribution in [0.5, 0.6) is 17.2 Å². The summed E-state index contributed by atoms with van der Waals surface area (Å²) in [7, 11) is 6.48. The number of fused-ring (bicyclic) bond motifs is 1. The van der Waals surface area contributed by atoms with Crippen molar-refractivity contribution in [2.45, 2.75) is 19.3 Å². The molecule has 1 aliphatic rings. The molecule has 160 valence electrons. The summed E-state index contributed by atoms with van der Waals surface area (Å²) in [4.78, 5) is 15.1. The molecule has 0 N–H and O–H groups in total. The van der Waals surface area contributed by atoms with E-state index in [1.54, 1.807) is 18.2 Å². The number of ether oxygens (including phenoxy) is 3. The van der Waals surface area contributed by atoms with Crippen LogP contribution >= 0.6 is 0 Å². The number of nitriles is 1. The fraction of sp³-hybridized carbons (Fsp3) is 0.280. The Morgan fingerprint density at radius 3 is 2.19 bits per heavy atom. The van der Waals surface area contributed by atoms with E-state index in [0.29, 0.717) is 22.8 Å². The maximum atomic E-state index is 13.1. The average molecular weight is 418 g/mol. The summed E-state index contributed by atoms with van der Waals surface area (Å²) in [6.07, 6.45) is 3.08. The molecule has 0 amide bonds. The molecule has 0 saturated carbocycles. The molecule has 1 aliphatic heterocycles. The lowest BCUT2D eigenvalue weighted by molar-refractivity contribution is -0.111. The third kappa shape index (κ3) is 3.87. The van der Waals surface area contributed by atoms with E-state index in [0.717, 1.165) is 16.9 Å². The summed E-state index contributed by atoms with van der Waals surface area (Å²) in [5.41, 5.74) is 3.29. The Morgan fingerprint density at radius 2 is 1.68 bits per heavy atom. The van der Waals surface area contributed by atoms with Gasteiger partial charge >= 0.3 is 0 Å². The van der Waals surface area contributed by atoms with Crippen LogP contribution in [0.2, 0.25) is 0 Å². The van der Waals surface area contributed by atoms with Crippen LogP contribution in [0, 0.1) is 11.3 Å². The van der Waals surface area contributed by atoms with E-state index in [-0.39, 0.29) is 16.8 Å². The quantitative estimate of drug-likeness (QED) is 0.508. The Bertz CT molecular complexity index is 1100. The summed E-state index contributed by atoms with van der Waals surface area (Å²) in [5.74, 6) is 0.979. The van der Waals surface area contributed by atoms with Crippen LogP contribution in [0.25, 0.3) is 6.08 Å². The number of carbonyl (C=O) groups excluding carboxylic acids is 1. The van der Waals surface area contributed by atoms with Gasteiger partial charge < -0.3 is 19.1 Å². The third-order valence-electron chi connectivity index (χ3n) is 5.59. The van der Waals surface area contributed by atoms with Crippen LogP contribution < -0.4 is 19.1 Å². The van der Waals surface area contributed by atoms with Crippen molar-refractivity contribution in [3.63, 3.8) is 0 Å². The average Bonchev–Trinajstić information content (AvgIpc) is 2.97. The molecule has 0 saturated heterocycles. The third-order valence-corrected chi connectivity index (χ3v) is 5.59. The van der Waals surface area contributed by atoms with E-state index in [9.17, 15) is 10.1 Å². The second-order valence-electron chi connectivity index (χ2n) is 7.72. The molecule has 0 spiro atoms. The normalized spacial score (nSPS) is 16.0. The lowest BCUT2D eigenvalue weighted by Gasteiger charge is -2.23. The molecule has 0 radical (unpaired) electrons. The van der Waals surface area contributed by atoms with Gasteiger partial charge in [0.15, 0.2) is 17.3 Å². The molecule has 6 heteroatoms. The van der Waals surface area contributed by atoms with Gasteiger partial charge in [0.2, 0.25) is 5.75 Å². The summed E-state index contributed by atoms with van der Waals surface area (Å²) < 4.78 is 16.0. The van der Waals surface area contributed by atoms with Gasteiger partial charge in [-0.15, -0.1) is 0 Å². The van der Waals surface area contributed by atoms with E-state index in [1.807, 2.05) is 36.2 Å². The van der Waals surface area contributed by atoms with Crippen molar-refractivity contribution in [2.24, 2.45) is 0 Å². The molecule has 0 unspecified atom stereocenters. The van der Waals surface area contributed by atoms with Crippen molar-refractivity contribution >= 4 is 17.5 Å². The molecular formula is C25H26N2O4. The maximum absolute atomic E-state index is 13.1. The Balaban J connectivity index is 2.02. The van der Waals surface area contributed by atoms with Crippen LogP contribution in [0.15, 0.2) is 53.7 Å². The number of benzene rings is 2. The first-order chi connectivity index (χ1) is 14.8. The van der Waals surface area contributed by atoms with Gasteiger partial charge in [-0.3, -0.25) is 4.79 Å². The number of methoxy groups -OCH3 is 3. The number of hydrogen-bond acceptors (Lipinski definition) is 6. The zero-order chi connectivity index (χ0) is 22.8. The fourth-order valence-corrected chi connectivity index (χ4v) is 3.97. The second kappa shape index (κ2) is 8.57. The molecule has 6 nitrogen and oxygen atoms in total. The summed E-state index contributed by atoms with van der Waals surface area (Å²) in [5, 5.41) is 9.69. The highest BCUT2D eigenvalue weighted by Gasteiger charge is 2.38. The van der Waals surface area contributed by atoms with Crippen molar-refractivity contribution in [1.29, 1.82) is 5.26 Å². The monoisotopic (exact) mass is 418 g/mol. The molecule has 0 atom stereocenters. The molecular weight excluding hydrogens is 392 g/mol. The van der Waals surface area contributed by atoms with Gasteiger partial charge in [0.25, 0.3) is 0 Å². The number of hydrogen-bond donors (Lipinski definition) is 0.